The van der Waals surface area contributed by atoms with Gasteiger partial charge in [0, 0.05) is 5.41 Å². The predicted molar refractivity (Wildman–Crippen MR) is 80.7 cm³/mol. The Morgan fingerprint density at radius 3 is 2.68 bits per heavy atom. The highest BCUT2D eigenvalue weighted by molar-refractivity contribution is 9.10. The third-order valence-corrected chi connectivity index (χ3v) is 3.75. The fraction of sp³-hybridized carbons (Fsp3) is 0.500. The maximum atomic E-state index is 8.69. The average molecular weight is 329 g/mol. The Balaban J connectivity index is 2.27. The molecule has 0 saturated heterocycles. The summed E-state index contributed by atoms with van der Waals surface area (Å²) in [7, 11) is 0. The molecule has 0 atom stereocenters. The van der Waals surface area contributed by atoms with Gasteiger partial charge in [-0.2, -0.15) is 0 Å². The highest BCUT2D eigenvalue weighted by Gasteiger charge is 2.22. The number of unbranched alkanes of at least 4 members (excludes halogenated alkanes) is 1. The molecule has 0 aliphatic carbocycles. The molecular formula is C14H21BrN2O2. The lowest BCUT2D eigenvalue weighted by Gasteiger charge is -2.22. The van der Waals surface area contributed by atoms with Crippen molar-refractivity contribution < 1.29 is 9.94 Å². The largest absolute Gasteiger partial charge is 0.492 e. The van der Waals surface area contributed by atoms with Crippen molar-refractivity contribution in [1.82, 2.24) is 0 Å². The topological polar surface area (TPSA) is 67.8 Å². The third-order valence-electron chi connectivity index (χ3n) is 3.09. The minimum Gasteiger partial charge on any atom is -0.492 e. The maximum absolute atomic E-state index is 8.69. The second-order valence-corrected chi connectivity index (χ2v) is 5.96. The number of oxime groups is 1. The first kappa shape index (κ1) is 15.8. The Morgan fingerprint density at radius 2 is 2.05 bits per heavy atom. The molecule has 0 bridgehead atoms. The van der Waals surface area contributed by atoms with Crippen molar-refractivity contribution in [2.24, 2.45) is 16.3 Å². The van der Waals surface area contributed by atoms with Gasteiger partial charge in [-0.3, -0.25) is 0 Å². The molecule has 3 N–H and O–H groups in total. The number of rotatable bonds is 7. The van der Waals surface area contributed by atoms with Crippen LogP contribution in [-0.2, 0) is 0 Å². The van der Waals surface area contributed by atoms with Gasteiger partial charge in [0.15, 0.2) is 0 Å². The second kappa shape index (κ2) is 7.38. The summed E-state index contributed by atoms with van der Waals surface area (Å²) in [6.07, 6.45) is 2.76. The van der Waals surface area contributed by atoms with E-state index in [1.165, 1.54) is 0 Å². The van der Waals surface area contributed by atoms with Crippen molar-refractivity contribution in [1.29, 1.82) is 0 Å². The van der Waals surface area contributed by atoms with Gasteiger partial charge in [-0.05, 0) is 47.3 Å². The molecule has 5 heteroatoms. The van der Waals surface area contributed by atoms with E-state index >= 15 is 0 Å². The van der Waals surface area contributed by atoms with Gasteiger partial charge in [0.25, 0.3) is 0 Å². The summed E-state index contributed by atoms with van der Waals surface area (Å²) in [5.41, 5.74) is 5.36. The zero-order valence-corrected chi connectivity index (χ0v) is 13.0. The molecule has 0 heterocycles. The first-order chi connectivity index (χ1) is 8.97. The summed E-state index contributed by atoms with van der Waals surface area (Å²) in [6, 6.07) is 7.79. The van der Waals surface area contributed by atoms with Crippen LogP contribution in [0.4, 0.5) is 0 Å². The quantitative estimate of drug-likeness (QED) is 0.263. The summed E-state index contributed by atoms with van der Waals surface area (Å²) >= 11 is 3.44. The van der Waals surface area contributed by atoms with Gasteiger partial charge in [-0.25, -0.2) is 0 Å². The first-order valence-electron chi connectivity index (χ1n) is 6.32. The van der Waals surface area contributed by atoms with Crippen molar-refractivity contribution >= 4 is 21.8 Å². The van der Waals surface area contributed by atoms with Crippen LogP contribution < -0.4 is 10.5 Å². The minimum absolute atomic E-state index is 0.276. The van der Waals surface area contributed by atoms with Crippen molar-refractivity contribution in [2.45, 2.75) is 33.1 Å². The lowest BCUT2D eigenvalue weighted by molar-refractivity contribution is 0.287. The summed E-state index contributed by atoms with van der Waals surface area (Å²) in [5.74, 6) is 1.14. The number of para-hydroxylation sites is 1. The van der Waals surface area contributed by atoms with Crippen LogP contribution in [0.15, 0.2) is 33.9 Å². The fourth-order valence-electron chi connectivity index (χ4n) is 1.68. The van der Waals surface area contributed by atoms with E-state index in [1.54, 1.807) is 0 Å². The molecule has 0 radical (unpaired) electrons. The van der Waals surface area contributed by atoms with Gasteiger partial charge in [0.05, 0.1) is 11.1 Å². The number of hydrogen-bond donors (Lipinski definition) is 2. The van der Waals surface area contributed by atoms with Gasteiger partial charge in [0.1, 0.15) is 11.6 Å². The van der Waals surface area contributed by atoms with Crippen LogP contribution in [0.2, 0.25) is 0 Å². The smallest absolute Gasteiger partial charge is 0.144 e. The molecule has 0 aliphatic heterocycles. The number of nitrogens with zero attached hydrogens (tertiary/aromatic N) is 1. The summed E-state index contributed by atoms with van der Waals surface area (Å²) in [5, 5.41) is 11.8. The summed E-state index contributed by atoms with van der Waals surface area (Å²) in [4.78, 5) is 0. The molecule has 1 aromatic rings. The zero-order chi connectivity index (χ0) is 14.3. The molecule has 106 valence electrons. The van der Waals surface area contributed by atoms with Crippen LogP contribution in [0.5, 0.6) is 5.75 Å². The molecular weight excluding hydrogens is 308 g/mol. The summed E-state index contributed by atoms with van der Waals surface area (Å²) < 4.78 is 6.65. The Morgan fingerprint density at radius 1 is 1.37 bits per heavy atom. The van der Waals surface area contributed by atoms with Gasteiger partial charge in [-0.1, -0.05) is 31.1 Å². The predicted octanol–water partition coefficient (Wildman–Crippen LogP) is 3.77. The van der Waals surface area contributed by atoms with Crippen LogP contribution >= 0.6 is 15.9 Å². The molecule has 0 saturated carbocycles. The van der Waals surface area contributed by atoms with Crippen LogP contribution in [-0.4, -0.2) is 17.6 Å². The highest BCUT2D eigenvalue weighted by Crippen LogP contribution is 2.25. The molecule has 1 rings (SSSR count). The number of halogens is 1. The molecule has 4 nitrogen and oxygen atoms in total. The zero-order valence-electron chi connectivity index (χ0n) is 11.4. The van der Waals surface area contributed by atoms with E-state index in [1.807, 2.05) is 38.1 Å². The van der Waals surface area contributed by atoms with Gasteiger partial charge >= 0.3 is 0 Å². The third kappa shape index (κ3) is 5.11. The van der Waals surface area contributed by atoms with Crippen molar-refractivity contribution in [3.63, 3.8) is 0 Å². The SMILES string of the molecule is CC(C)(CCCCOc1ccccc1Br)/C(N)=N/O. The Kier molecular flexibility index (Phi) is 6.15. The van der Waals surface area contributed by atoms with Crippen LogP contribution in [0.3, 0.4) is 0 Å². The van der Waals surface area contributed by atoms with E-state index in [9.17, 15) is 0 Å². The molecule has 0 unspecified atom stereocenters. The number of amidine groups is 1. The number of nitrogens with two attached hydrogens (primary N) is 1. The van der Waals surface area contributed by atoms with Crippen molar-refractivity contribution in [2.75, 3.05) is 6.61 Å². The Labute approximate surface area is 122 Å². The number of ether oxygens (including phenoxy) is 1. The van der Waals surface area contributed by atoms with E-state index in [4.69, 9.17) is 15.7 Å². The lowest BCUT2D eigenvalue weighted by atomic mass is 9.86. The Bertz CT molecular complexity index is 433. The van der Waals surface area contributed by atoms with Crippen LogP contribution in [0.25, 0.3) is 0 Å². The fourth-order valence-corrected chi connectivity index (χ4v) is 2.08. The summed E-state index contributed by atoms with van der Waals surface area (Å²) in [6.45, 7) is 4.60. The van der Waals surface area contributed by atoms with E-state index in [-0.39, 0.29) is 11.3 Å². The number of benzene rings is 1. The van der Waals surface area contributed by atoms with E-state index in [2.05, 4.69) is 21.1 Å². The highest BCUT2D eigenvalue weighted by atomic mass is 79.9. The lowest BCUT2D eigenvalue weighted by Crippen LogP contribution is -2.31. The number of hydrogen-bond acceptors (Lipinski definition) is 3. The Hall–Kier alpha value is -1.23. The molecule has 0 fully saturated rings. The van der Waals surface area contributed by atoms with Crippen molar-refractivity contribution in [3.05, 3.63) is 28.7 Å². The first-order valence-corrected chi connectivity index (χ1v) is 7.12. The maximum Gasteiger partial charge on any atom is 0.144 e. The van der Waals surface area contributed by atoms with Crippen LogP contribution in [0, 0.1) is 5.41 Å². The van der Waals surface area contributed by atoms with Gasteiger partial charge < -0.3 is 15.7 Å². The van der Waals surface area contributed by atoms with Gasteiger partial charge in [-0.15, -0.1) is 0 Å². The second-order valence-electron chi connectivity index (χ2n) is 5.11. The monoisotopic (exact) mass is 328 g/mol. The molecule has 1 aromatic carbocycles. The van der Waals surface area contributed by atoms with E-state index in [0.29, 0.717) is 6.61 Å². The van der Waals surface area contributed by atoms with Gasteiger partial charge in [0.2, 0.25) is 0 Å². The average Bonchev–Trinajstić information content (AvgIpc) is 2.39. The normalized spacial score (nSPS) is 12.5. The van der Waals surface area contributed by atoms with E-state index in [0.717, 1.165) is 29.5 Å². The molecule has 0 spiro atoms. The van der Waals surface area contributed by atoms with Crippen LogP contribution in [0.1, 0.15) is 33.1 Å². The molecule has 0 aliphatic rings. The minimum atomic E-state index is -0.276. The molecule has 19 heavy (non-hydrogen) atoms. The molecule has 0 amide bonds. The molecule has 0 aromatic heterocycles. The van der Waals surface area contributed by atoms with E-state index < -0.39 is 0 Å². The standard InChI is InChI=1S/C14H21BrN2O2/c1-14(2,13(16)17-18)9-5-6-10-19-12-8-4-3-7-11(12)15/h3-4,7-8,18H,5-6,9-10H2,1-2H3,(H2,16,17). The van der Waals surface area contributed by atoms with Crippen molar-refractivity contribution in [3.8, 4) is 5.75 Å².